The predicted octanol–water partition coefficient (Wildman–Crippen LogP) is 1.68. The second-order valence-corrected chi connectivity index (χ2v) is 5.51. The van der Waals surface area contributed by atoms with Gasteiger partial charge in [0.1, 0.15) is 5.82 Å². The number of aromatic amines is 1. The first kappa shape index (κ1) is 13.9. The fourth-order valence-corrected chi connectivity index (χ4v) is 2.79. The summed E-state index contributed by atoms with van der Waals surface area (Å²) in [4.78, 5) is 26.1. The summed E-state index contributed by atoms with van der Waals surface area (Å²) in [7, 11) is 0. The van der Waals surface area contributed by atoms with Gasteiger partial charge in [-0.2, -0.15) is 0 Å². The Morgan fingerprint density at radius 3 is 3.10 bits per heavy atom. The van der Waals surface area contributed by atoms with Gasteiger partial charge in [0.05, 0.1) is 5.69 Å². The van der Waals surface area contributed by atoms with Gasteiger partial charge in [-0.25, -0.2) is 4.98 Å². The van der Waals surface area contributed by atoms with Crippen LogP contribution in [-0.4, -0.2) is 26.4 Å². The lowest BCUT2D eigenvalue weighted by Gasteiger charge is -2.27. The van der Waals surface area contributed by atoms with Crippen LogP contribution in [0.2, 0.25) is 0 Å². The van der Waals surface area contributed by atoms with Crippen molar-refractivity contribution >= 4 is 0 Å². The minimum atomic E-state index is 0.0458. The summed E-state index contributed by atoms with van der Waals surface area (Å²) in [5.74, 6) is 0.810. The first-order valence-electron chi connectivity index (χ1n) is 7.48. The lowest BCUT2D eigenvalue weighted by atomic mass is 10.1. The monoisotopic (exact) mass is 284 g/mol. The Morgan fingerprint density at radius 1 is 1.43 bits per heavy atom. The van der Waals surface area contributed by atoms with Crippen LogP contribution in [0, 0.1) is 0 Å². The van der Waals surface area contributed by atoms with E-state index in [1.807, 2.05) is 12.3 Å². The lowest BCUT2D eigenvalue weighted by molar-refractivity contribution is 0.239. The van der Waals surface area contributed by atoms with Crippen LogP contribution >= 0.6 is 0 Å². The maximum atomic E-state index is 12.1. The third-order valence-electron chi connectivity index (χ3n) is 3.82. The second kappa shape index (κ2) is 6.18. The van der Waals surface area contributed by atoms with E-state index in [4.69, 9.17) is 0 Å². The third kappa shape index (κ3) is 3.19. The van der Waals surface area contributed by atoms with Crippen molar-refractivity contribution in [2.45, 2.75) is 39.3 Å². The Balaban J connectivity index is 1.79. The van der Waals surface area contributed by atoms with E-state index >= 15 is 0 Å². The number of fused-ring (bicyclic) bond motifs is 1. The van der Waals surface area contributed by atoms with E-state index < -0.39 is 0 Å². The van der Waals surface area contributed by atoms with E-state index in [9.17, 15) is 4.79 Å². The van der Waals surface area contributed by atoms with E-state index in [0.29, 0.717) is 0 Å². The average Bonchev–Trinajstić information content (AvgIpc) is 2.48. The number of H-pyrrole nitrogens is 1. The van der Waals surface area contributed by atoms with E-state index in [0.717, 1.165) is 56.0 Å². The number of nitrogens with zero attached hydrogens (tertiary/aromatic N) is 3. The summed E-state index contributed by atoms with van der Waals surface area (Å²) >= 11 is 0. The van der Waals surface area contributed by atoms with Crippen molar-refractivity contribution in [2.75, 3.05) is 6.54 Å². The minimum absolute atomic E-state index is 0.0458. The van der Waals surface area contributed by atoms with Gasteiger partial charge < -0.3 is 4.98 Å². The first-order valence-corrected chi connectivity index (χ1v) is 7.48. The van der Waals surface area contributed by atoms with Crippen molar-refractivity contribution in [3.8, 4) is 0 Å². The Morgan fingerprint density at radius 2 is 2.33 bits per heavy atom. The van der Waals surface area contributed by atoms with Gasteiger partial charge >= 0.3 is 0 Å². The molecule has 0 aromatic carbocycles. The van der Waals surface area contributed by atoms with Crippen LogP contribution in [0.15, 0.2) is 29.3 Å². The fourth-order valence-electron chi connectivity index (χ4n) is 2.79. The molecule has 0 saturated carbocycles. The number of rotatable bonds is 4. The molecule has 1 aliphatic heterocycles. The summed E-state index contributed by atoms with van der Waals surface area (Å²) < 4.78 is 0. The molecule has 0 radical (unpaired) electrons. The summed E-state index contributed by atoms with van der Waals surface area (Å²) in [6.07, 6.45) is 6.26. The Hall–Kier alpha value is -2.01. The van der Waals surface area contributed by atoms with Gasteiger partial charge in [-0.1, -0.05) is 13.0 Å². The van der Waals surface area contributed by atoms with E-state index in [-0.39, 0.29) is 5.56 Å². The molecule has 0 amide bonds. The molecule has 5 heteroatoms. The minimum Gasteiger partial charge on any atom is -0.310 e. The van der Waals surface area contributed by atoms with Crippen LogP contribution in [0.3, 0.4) is 0 Å². The largest absolute Gasteiger partial charge is 0.310 e. The molecule has 2 aromatic rings. The fraction of sp³-hybridized carbons (Fsp3) is 0.438. The normalized spacial score (nSPS) is 14.9. The zero-order valence-electron chi connectivity index (χ0n) is 12.3. The van der Waals surface area contributed by atoms with E-state index in [1.165, 1.54) is 5.56 Å². The molecule has 0 fully saturated rings. The summed E-state index contributed by atoms with van der Waals surface area (Å²) in [5.41, 5.74) is 3.04. The van der Waals surface area contributed by atoms with Gasteiger partial charge in [-0.3, -0.25) is 14.7 Å². The Labute approximate surface area is 124 Å². The van der Waals surface area contributed by atoms with Crippen molar-refractivity contribution in [3.63, 3.8) is 0 Å². The quantitative estimate of drug-likeness (QED) is 0.928. The highest BCUT2D eigenvalue weighted by Crippen LogP contribution is 2.16. The van der Waals surface area contributed by atoms with Crippen molar-refractivity contribution in [1.29, 1.82) is 0 Å². The molecular formula is C16H20N4O. The zero-order chi connectivity index (χ0) is 14.7. The molecule has 110 valence electrons. The maximum absolute atomic E-state index is 12.1. The van der Waals surface area contributed by atoms with Crippen LogP contribution in [0.1, 0.15) is 36.0 Å². The summed E-state index contributed by atoms with van der Waals surface area (Å²) in [6, 6.07) is 4.03. The molecule has 1 N–H and O–H groups in total. The first-order chi connectivity index (χ1) is 10.3. The van der Waals surface area contributed by atoms with Gasteiger partial charge in [0.15, 0.2) is 0 Å². The highest BCUT2D eigenvalue weighted by molar-refractivity contribution is 5.21. The van der Waals surface area contributed by atoms with Crippen LogP contribution in [0.25, 0.3) is 0 Å². The van der Waals surface area contributed by atoms with Gasteiger partial charge in [0.25, 0.3) is 5.56 Å². The SMILES string of the molecule is CCCc1nc2c(c(=O)[nH]1)CCN(Cc1cccnc1)C2. The molecule has 0 saturated heterocycles. The van der Waals surface area contributed by atoms with Gasteiger partial charge in [0.2, 0.25) is 0 Å². The van der Waals surface area contributed by atoms with Crippen LogP contribution < -0.4 is 5.56 Å². The van der Waals surface area contributed by atoms with Gasteiger partial charge in [-0.05, 0) is 24.5 Å². The molecular weight excluding hydrogens is 264 g/mol. The highest BCUT2D eigenvalue weighted by Gasteiger charge is 2.20. The number of hydrogen-bond donors (Lipinski definition) is 1. The highest BCUT2D eigenvalue weighted by atomic mass is 16.1. The van der Waals surface area contributed by atoms with Crippen molar-refractivity contribution < 1.29 is 0 Å². The van der Waals surface area contributed by atoms with Crippen molar-refractivity contribution in [1.82, 2.24) is 19.9 Å². The van der Waals surface area contributed by atoms with Crippen LogP contribution in [0.4, 0.5) is 0 Å². The zero-order valence-corrected chi connectivity index (χ0v) is 12.3. The number of aromatic nitrogens is 3. The van der Waals surface area contributed by atoms with Crippen LogP contribution in [-0.2, 0) is 25.9 Å². The second-order valence-electron chi connectivity index (χ2n) is 5.51. The van der Waals surface area contributed by atoms with E-state index in [2.05, 4.69) is 32.8 Å². The van der Waals surface area contributed by atoms with Crippen molar-refractivity contribution in [2.24, 2.45) is 0 Å². The molecule has 0 unspecified atom stereocenters. The predicted molar refractivity (Wildman–Crippen MR) is 80.9 cm³/mol. The molecule has 1 aliphatic rings. The average molecular weight is 284 g/mol. The summed E-state index contributed by atoms with van der Waals surface area (Å²) in [6.45, 7) is 4.57. The molecule has 21 heavy (non-hydrogen) atoms. The van der Waals surface area contributed by atoms with Crippen LogP contribution in [0.5, 0.6) is 0 Å². The van der Waals surface area contributed by atoms with Gasteiger partial charge in [0, 0.05) is 44.0 Å². The number of hydrogen-bond acceptors (Lipinski definition) is 4. The number of nitrogens with one attached hydrogen (secondary N) is 1. The molecule has 0 aliphatic carbocycles. The third-order valence-corrected chi connectivity index (χ3v) is 3.82. The topological polar surface area (TPSA) is 61.9 Å². The smallest absolute Gasteiger partial charge is 0.254 e. The number of pyridine rings is 1. The number of aryl methyl sites for hydroxylation is 1. The summed E-state index contributed by atoms with van der Waals surface area (Å²) in [5, 5.41) is 0. The van der Waals surface area contributed by atoms with Gasteiger partial charge in [-0.15, -0.1) is 0 Å². The standard InChI is InChI=1S/C16H20N4O/c1-2-4-15-18-14-11-20(8-6-13(14)16(21)19-15)10-12-5-3-7-17-9-12/h3,5,7,9H,2,4,6,8,10-11H2,1H3,(H,18,19,21). The molecule has 5 nitrogen and oxygen atoms in total. The lowest BCUT2D eigenvalue weighted by Crippen LogP contribution is -2.35. The molecule has 2 aromatic heterocycles. The molecule has 0 spiro atoms. The molecule has 0 atom stereocenters. The maximum Gasteiger partial charge on any atom is 0.254 e. The molecule has 0 bridgehead atoms. The van der Waals surface area contributed by atoms with Crippen molar-refractivity contribution in [3.05, 3.63) is 57.5 Å². The molecule has 3 rings (SSSR count). The Kier molecular flexibility index (Phi) is 4.10. The van der Waals surface area contributed by atoms with E-state index in [1.54, 1.807) is 6.20 Å². The Bertz CT molecular complexity index is 666. The molecule has 3 heterocycles.